The van der Waals surface area contributed by atoms with Gasteiger partial charge in [-0.1, -0.05) is 0 Å². The molecule has 0 heterocycles. The van der Waals surface area contributed by atoms with Crippen molar-refractivity contribution >= 4 is 23.4 Å². The van der Waals surface area contributed by atoms with Crippen LogP contribution in [0.5, 0.6) is 0 Å². The van der Waals surface area contributed by atoms with Crippen LogP contribution >= 0.6 is 0 Å². The van der Waals surface area contributed by atoms with Crippen molar-refractivity contribution in [1.29, 1.82) is 0 Å². The summed E-state index contributed by atoms with van der Waals surface area (Å²) in [5.74, 6) is -0.447. The predicted molar refractivity (Wildman–Crippen MR) is 105 cm³/mol. The van der Waals surface area contributed by atoms with Crippen LogP contribution in [0.2, 0.25) is 0 Å². The third-order valence-corrected chi connectivity index (χ3v) is 4.46. The van der Waals surface area contributed by atoms with E-state index >= 15 is 0 Å². The Morgan fingerprint density at radius 3 is 1.30 bits per heavy atom. The molecule has 0 saturated heterocycles. The van der Waals surface area contributed by atoms with Crippen molar-refractivity contribution in [3.05, 3.63) is 0 Å². The zero-order valence-corrected chi connectivity index (χ0v) is 17.6. The first-order valence-electron chi connectivity index (χ1n) is 9.43. The summed E-state index contributed by atoms with van der Waals surface area (Å²) in [7, 11) is 7.41. The molecule has 0 aromatic rings. The molecular formula is C19H36N4O4. The molecule has 0 fully saturated rings. The minimum atomic E-state index is -0.327. The molecule has 0 spiro atoms. The van der Waals surface area contributed by atoms with E-state index < -0.39 is 0 Å². The second kappa shape index (κ2) is 13.4. The van der Waals surface area contributed by atoms with E-state index in [9.17, 15) is 19.2 Å². The Kier molecular flexibility index (Phi) is 12.5. The Balaban J connectivity index is 3.94. The van der Waals surface area contributed by atoms with Gasteiger partial charge in [0.1, 0.15) is 18.0 Å². The molecule has 2 amide bonds. The van der Waals surface area contributed by atoms with Crippen molar-refractivity contribution in [2.24, 2.45) is 0 Å². The van der Waals surface area contributed by atoms with Gasteiger partial charge in [-0.2, -0.15) is 0 Å². The number of carbonyl (C=O) groups excluding carboxylic acids is 4. The van der Waals surface area contributed by atoms with Gasteiger partial charge in [0.2, 0.25) is 11.8 Å². The number of hydrogen-bond donors (Lipinski definition) is 2. The zero-order valence-electron chi connectivity index (χ0n) is 17.6. The van der Waals surface area contributed by atoms with E-state index in [-0.39, 0.29) is 41.9 Å². The molecular weight excluding hydrogens is 348 g/mol. The quantitative estimate of drug-likeness (QED) is 0.328. The van der Waals surface area contributed by atoms with Crippen LogP contribution < -0.4 is 10.6 Å². The summed E-state index contributed by atoms with van der Waals surface area (Å²) >= 11 is 0. The van der Waals surface area contributed by atoms with Gasteiger partial charge in [0.15, 0.2) is 0 Å². The summed E-state index contributed by atoms with van der Waals surface area (Å²) < 4.78 is 0. The molecule has 0 aliphatic carbocycles. The van der Waals surface area contributed by atoms with Gasteiger partial charge in [0.05, 0.1) is 12.1 Å². The normalized spacial score (nSPS) is 13.3. The van der Waals surface area contributed by atoms with E-state index in [0.29, 0.717) is 38.8 Å². The second-order valence-corrected chi connectivity index (χ2v) is 7.34. The summed E-state index contributed by atoms with van der Waals surface area (Å²) in [6.45, 7) is 4.00. The van der Waals surface area contributed by atoms with Crippen LogP contribution in [-0.2, 0) is 19.2 Å². The minimum Gasteiger partial charge on any atom is -0.356 e. The molecule has 0 rings (SSSR count). The first kappa shape index (κ1) is 25.2. The Morgan fingerprint density at radius 1 is 0.704 bits per heavy atom. The van der Waals surface area contributed by atoms with Crippen molar-refractivity contribution in [1.82, 2.24) is 20.4 Å². The number of likely N-dealkylation sites (N-methyl/N-ethyl adjacent to an activating group) is 2. The van der Waals surface area contributed by atoms with E-state index in [1.54, 1.807) is 13.8 Å². The molecule has 0 radical (unpaired) electrons. The van der Waals surface area contributed by atoms with E-state index in [1.807, 2.05) is 38.0 Å². The predicted octanol–water partition coefficient (Wildman–Crippen LogP) is 0.208. The molecule has 0 aromatic carbocycles. The fraction of sp³-hybridized carbons (Fsp3) is 0.789. The van der Waals surface area contributed by atoms with Crippen LogP contribution in [0, 0.1) is 0 Å². The van der Waals surface area contributed by atoms with Gasteiger partial charge in [-0.25, -0.2) is 0 Å². The number of carbonyl (C=O) groups is 4. The van der Waals surface area contributed by atoms with E-state index in [1.165, 1.54) is 0 Å². The summed E-state index contributed by atoms with van der Waals surface area (Å²) in [6.07, 6.45) is 2.46. The largest absolute Gasteiger partial charge is 0.356 e. The molecule has 0 aromatic heterocycles. The minimum absolute atomic E-state index is 0.104. The maximum atomic E-state index is 11.8. The lowest BCUT2D eigenvalue weighted by molar-refractivity contribution is -0.129. The highest BCUT2D eigenvalue weighted by Crippen LogP contribution is 2.05. The number of nitrogens with one attached hydrogen (secondary N) is 2. The first-order valence-corrected chi connectivity index (χ1v) is 9.43. The Bertz CT molecular complexity index is 462. The molecule has 0 aliphatic heterocycles. The molecule has 2 atom stereocenters. The van der Waals surface area contributed by atoms with Gasteiger partial charge >= 0.3 is 0 Å². The molecule has 0 unspecified atom stereocenters. The van der Waals surface area contributed by atoms with Gasteiger partial charge in [-0.3, -0.25) is 29.0 Å². The number of Topliss-reactive ketones (excluding diaryl/α,β-unsaturated/α-hetero) is 2. The summed E-state index contributed by atoms with van der Waals surface area (Å²) in [4.78, 5) is 50.3. The maximum Gasteiger partial charge on any atom is 0.229 e. The van der Waals surface area contributed by atoms with Crippen LogP contribution in [-0.4, -0.2) is 86.5 Å². The molecule has 8 nitrogen and oxygen atoms in total. The van der Waals surface area contributed by atoms with Crippen LogP contribution in [0.25, 0.3) is 0 Å². The first-order chi connectivity index (χ1) is 12.6. The molecule has 0 aliphatic rings. The Morgan fingerprint density at radius 2 is 1.04 bits per heavy atom. The smallest absolute Gasteiger partial charge is 0.229 e. The second-order valence-electron chi connectivity index (χ2n) is 7.34. The third kappa shape index (κ3) is 11.5. The molecule has 156 valence electrons. The summed E-state index contributed by atoms with van der Waals surface area (Å²) in [5.41, 5.74) is 0. The molecule has 27 heavy (non-hydrogen) atoms. The Labute approximate surface area is 163 Å². The zero-order chi connectivity index (χ0) is 21.0. The van der Waals surface area contributed by atoms with Gasteiger partial charge in [0, 0.05) is 13.1 Å². The third-order valence-electron chi connectivity index (χ3n) is 4.46. The van der Waals surface area contributed by atoms with Gasteiger partial charge < -0.3 is 10.6 Å². The molecule has 0 bridgehead atoms. The number of rotatable bonds is 14. The number of hydrogen-bond acceptors (Lipinski definition) is 6. The monoisotopic (exact) mass is 384 g/mol. The average Bonchev–Trinajstić information content (AvgIpc) is 2.52. The fourth-order valence-electron chi connectivity index (χ4n) is 2.97. The lowest BCUT2D eigenvalue weighted by Crippen LogP contribution is -2.37. The van der Waals surface area contributed by atoms with Crippen molar-refractivity contribution in [2.75, 3.05) is 41.3 Å². The fourth-order valence-corrected chi connectivity index (χ4v) is 2.97. The van der Waals surface area contributed by atoms with E-state index in [0.717, 1.165) is 0 Å². The average molecular weight is 385 g/mol. The lowest BCUT2D eigenvalue weighted by atomic mass is 10.1. The summed E-state index contributed by atoms with van der Waals surface area (Å²) in [5, 5.41) is 5.41. The number of amides is 2. The van der Waals surface area contributed by atoms with Crippen molar-refractivity contribution in [3.8, 4) is 0 Å². The van der Waals surface area contributed by atoms with E-state index in [4.69, 9.17) is 0 Å². The van der Waals surface area contributed by atoms with Gasteiger partial charge in [-0.05, 0) is 67.7 Å². The number of ketones is 2. The number of nitrogens with zero attached hydrogens (tertiary/aromatic N) is 2. The SMILES string of the molecule is CC(=O)[C@H](CCCNC(=O)CC(=O)NCCC[C@@H](C(C)=O)N(C)C)N(C)C. The van der Waals surface area contributed by atoms with Crippen LogP contribution in [0.15, 0.2) is 0 Å². The van der Waals surface area contributed by atoms with Crippen molar-refractivity contribution in [3.63, 3.8) is 0 Å². The Hall–Kier alpha value is -1.80. The van der Waals surface area contributed by atoms with Gasteiger partial charge in [0.25, 0.3) is 0 Å². The highest BCUT2D eigenvalue weighted by atomic mass is 16.2. The lowest BCUT2D eigenvalue weighted by Gasteiger charge is -2.21. The maximum absolute atomic E-state index is 11.8. The highest BCUT2D eigenvalue weighted by molar-refractivity contribution is 5.96. The van der Waals surface area contributed by atoms with Crippen molar-refractivity contribution < 1.29 is 19.2 Å². The highest BCUT2D eigenvalue weighted by Gasteiger charge is 2.17. The van der Waals surface area contributed by atoms with E-state index in [2.05, 4.69) is 10.6 Å². The van der Waals surface area contributed by atoms with Crippen LogP contribution in [0.4, 0.5) is 0 Å². The van der Waals surface area contributed by atoms with Gasteiger partial charge in [-0.15, -0.1) is 0 Å². The topological polar surface area (TPSA) is 98.8 Å². The molecule has 8 heteroatoms. The standard InChI is InChI=1S/C19H36N4O4/c1-14(24)16(22(3)4)9-7-11-20-18(26)13-19(27)21-12-8-10-17(15(2)25)23(5)6/h16-17H,7-13H2,1-6H3,(H,20,26)(H,21,27)/t16-,17-/m0/s1. The summed E-state index contributed by atoms with van der Waals surface area (Å²) in [6, 6.07) is -0.294. The van der Waals surface area contributed by atoms with Crippen molar-refractivity contribution in [2.45, 2.75) is 58.0 Å². The van der Waals surface area contributed by atoms with Crippen LogP contribution in [0.3, 0.4) is 0 Å². The van der Waals surface area contributed by atoms with Crippen LogP contribution in [0.1, 0.15) is 46.0 Å². The molecule has 0 saturated carbocycles. The molecule has 2 N–H and O–H groups in total.